The van der Waals surface area contributed by atoms with Crippen LogP contribution in [0, 0.1) is 59.2 Å². The zero-order valence-electron chi connectivity index (χ0n) is 25.5. The fourth-order valence-corrected chi connectivity index (χ4v) is 11.9. The standard InChI is InChI=1S/C37H64O2/c38-36-32(28-13-5-1-6-14-28)22-26(23-33(36)29-15-7-2-8-16-29)21-27-24-34(30-17-9-3-10-18-30)37(39)35(25-27)31-19-11-4-12-20-31/h26-39H,1-25H2. The average molecular weight is 541 g/mol. The maximum absolute atomic E-state index is 11.9. The topological polar surface area (TPSA) is 40.5 Å². The van der Waals surface area contributed by atoms with E-state index in [2.05, 4.69) is 0 Å². The van der Waals surface area contributed by atoms with Crippen LogP contribution in [0.5, 0.6) is 0 Å². The average Bonchev–Trinajstić information content (AvgIpc) is 3.00. The minimum Gasteiger partial charge on any atom is -0.393 e. The number of rotatable bonds is 6. The van der Waals surface area contributed by atoms with Crippen molar-refractivity contribution < 1.29 is 10.2 Å². The summed E-state index contributed by atoms with van der Waals surface area (Å²) in [7, 11) is 0. The first-order valence-electron chi connectivity index (χ1n) is 18.5. The summed E-state index contributed by atoms with van der Waals surface area (Å²) in [6, 6.07) is 0. The molecule has 224 valence electrons. The Morgan fingerprint density at radius 2 is 0.564 bits per heavy atom. The summed E-state index contributed by atoms with van der Waals surface area (Å²) < 4.78 is 0. The third-order valence-electron chi connectivity index (χ3n) is 13.9. The minimum absolute atomic E-state index is 0.0226. The Labute approximate surface area is 241 Å². The summed E-state index contributed by atoms with van der Waals surface area (Å²) in [5, 5.41) is 23.8. The van der Waals surface area contributed by atoms with Gasteiger partial charge in [0.15, 0.2) is 0 Å². The monoisotopic (exact) mass is 540 g/mol. The molecule has 0 heterocycles. The van der Waals surface area contributed by atoms with E-state index in [9.17, 15) is 10.2 Å². The lowest BCUT2D eigenvalue weighted by atomic mass is 9.57. The Morgan fingerprint density at radius 1 is 0.333 bits per heavy atom. The Morgan fingerprint density at radius 3 is 0.795 bits per heavy atom. The van der Waals surface area contributed by atoms with Gasteiger partial charge in [0.05, 0.1) is 12.2 Å². The number of hydrogen-bond acceptors (Lipinski definition) is 2. The molecular weight excluding hydrogens is 476 g/mol. The van der Waals surface area contributed by atoms with E-state index >= 15 is 0 Å². The summed E-state index contributed by atoms with van der Waals surface area (Å²) >= 11 is 0. The molecule has 0 bridgehead atoms. The molecular formula is C37H64O2. The van der Waals surface area contributed by atoms with Crippen LogP contribution in [0.1, 0.15) is 161 Å². The molecule has 6 saturated carbocycles. The molecule has 2 N–H and O–H groups in total. The van der Waals surface area contributed by atoms with Crippen LogP contribution >= 0.6 is 0 Å². The lowest BCUT2D eigenvalue weighted by molar-refractivity contribution is -0.0817. The highest BCUT2D eigenvalue weighted by Crippen LogP contribution is 2.52. The van der Waals surface area contributed by atoms with Crippen LogP contribution in [0.15, 0.2) is 0 Å². The van der Waals surface area contributed by atoms with Crippen molar-refractivity contribution in [3.05, 3.63) is 0 Å². The molecule has 4 atom stereocenters. The first kappa shape index (κ1) is 29.0. The second kappa shape index (κ2) is 13.9. The Kier molecular flexibility index (Phi) is 10.4. The van der Waals surface area contributed by atoms with Crippen molar-refractivity contribution in [2.45, 2.75) is 173 Å². The van der Waals surface area contributed by atoms with Crippen LogP contribution in [0.4, 0.5) is 0 Å². The van der Waals surface area contributed by atoms with Crippen LogP contribution in [-0.2, 0) is 0 Å². The van der Waals surface area contributed by atoms with Crippen molar-refractivity contribution in [3.8, 4) is 0 Å². The van der Waals surface area contributed by atoms with Gasteiger partial charge in [0, 0.05) is 0 Å². The van der Waals surface area contributed by atoms with Crippen LogP contribution in [0.2, 0.25) is 0 Å². The first-order chi connectivity index (χ1) is 19.2. The molecule has 6 aliphatic carbocycles. The lowest BCUT2D eigenvalue weighted by Crippen LogP contribution is -2.47. The van der Waals surface area contributed by atoms with Gasteiger partial charge < -0.3 is 10.2 Å². The van der Waals surface area contributed by atoms with Crippen molar-refractivity contribution in [1.82, 2.24) is 0 Å². The third-order valence-corrected chi connectivity index (χ3v) is 13.9. The fourth-order valence-electron chi connectivity index (χ4n) is 11.9. The Bertz CT molecular complexity index is 595. The minimum atomic E-state index is -0.0226. The number of aliphatic hydroxyl groups excluding tert-OH is 2. The molecule has 39 heavy (non-hydrogen) atoms. The van der Waals surface area contributed by atoms with Gasteiger partial charge in [-0.3, -0.25) is 0 Å². The van der Waals surface area contributed by atoms with Crippen LogP contribution in [0.3, 0.4) is 0 Å². The second-order valence-electron chi connectivity index (χ2n) is 16.1. The SMILES string of the molecule is OC1C(C2CCCCC2)CC(CC2CC(C3CCCCC3)C(O)C(C3CCCCC3)C2)CC1C1CCCCC1. The summed E-state index contributed by atoms with van der Waals surface area (Å²) in [4.78, 5) is 0. The van der Waals surface area contributed by atoms with Gasteiger partial charge in [0.2, 0.25) is 0 Å². The lowest BCUT2D eigenvalue weighted by Gasteiger charge is -2.50. The quantitative estimate of drug-likeness (QED) is 0.352. The van der Waals surface area contributed by atoms with Gasteiger partial charge in [-0.1, -0.05) is 128 Å². The molecule has 6 fully saturated rings. The predicted octanol–water partition coefficient (Wildman–Crippen LogP) is 9.70. The molecule has 2 nitrogen and oxygen atoms in total. The van der Waals surface area contributed by atoms with E-state index in [1.807, 2.05) is 0 Å². The summed E-state index contributed by atoms with van der Waals surface area (Å²) in [6.45, 7) is 0. The normalized spacial score (nSPS) is 42.9. The Hall–Kier alpha value is -0.0800. The van der Waals surface area contributed by atoms with E-state index in [0.29, 0.717) is 23.7 Å². The van der Waals surface area contributed by atoms with Crippen LogP contribution < -0.4 is 0 Å². The molecule has 0 aromatic heterocycles. The molecule has 0 aliphatic heterocycles. The van der Waals surface area contributed by atoms with E-state index in [1.165, 1.54) is 161 Å². The van der Waals surface area contributed by atoms with Crippen molar-refractivity contribution in [2.24, 2.45) is 59.2 Å². The maximum atomic E-state index is 11.9. The second-order valence-corrected chi connectivity index (χ2v) is 16.1. The smallest absolute Gasteiger partial charge is 0.0602 e. The zero-order valence-corrected chi connectivity index (χ0v) is 25.5. The highest BCUT2D eigenvalue weighted by molar-refractivity contribution is 4.97. The summed E-state index contributed by atoms with van der Waals surface area (Å²) in [5.41, 5.74) is 0. The summed E-state index contributed by atoms with van der Waals surface area (Å²) in [6.07, 6.45) is 34.6. The third kappa shape index (κ3) is 6.95. The highest BCUT2D eigenvalue weighted by atomic mass is 16.3. The van der Waals surface area contributed by atoms with Gasteiger partial charge >= 0.3 is 0 Å². The largest absolute Gasteiger partial charge is 0.393 e. The van der Waals surface area contributed by atoms with Crippen molar-refractivity contribution >= 4 is 0 Å². The number of aliphatic hydroxyl groups is 2. The van der Waals surface area contributed by atoms with E-state index in [4.69, 9.17) is 0 Å². The predicted molar refractivity (Wildman–Crippen MR) is 162 cm³/mol. The Balaban J connectivity index is 1.19. The van der Waals surface area contributed by atoms with E-state index in [0.717, 1.165) is 35.5 Å². The molecule has 2 heteroatoms. The van der Waals surface area contributed by atoms with E-state index in [-0.39, 0.29) is 12.2 Å². The fraction of sp³-hybridized carbons (Fsp3) is 1.00. The molecule has 0 radical (unpaired) electrons. The molecule has 4 unspecified atom stereocenters. The maximum Gasteiger partial charge on any atom is 0.0602 e. The van der Waals surface area contributed by atoms with Gasteiger partial charge in [-0.15, -0.1) is 0 Å². The summed E-state index contributed by atoms with van der Waals surface area (Å²) in [5.74, 6) is 7.13. The van der Waals surface area contributed by atoms with Gasteiger partial charge in [0.1, 0.15) is 0 Å². The van der Waals surface area contributed by atoms with Gasteiger partial charge in [-0.2, -0.15) is 0 Å². The molecule has 0 aromatic rings. The molecule has 0 aromatic carbocycles. The van der Waals surface area contributed by atoms with Crippen LogP contribution in [-0.4, -0.2) is 22.4 Å². The van der Waals surface area contributed by atoms with Gasteiger partial charge in [-0.05, 0) is 91.3 Å². The molecule has 0 amide bonds. The zero-order chi connectivity index (χ0) is 26.6. The van der Waals surface area contributed by atoms with Gasteiger partial charge in [-0.25, -0.2) is 0 Å². The molecule has 0 saturated heterocycles. The van der Waals surface area contributed by atoms with Crippen molar-refractivity contribution in [1.29, 1.82) is 0 Å². The van der Waals surface area contributed by atoms with E-state index in [1.54, 1.807) is 0 Å². The molecule has 6 aliphatic rings. The van der Waals surface area contributed by atoms with Crippen LogP contribution in [0.25, 0.3) is 0 Å². The van der Waals surface area contributed by atoms with Crippen molar-refractivity contribution in [2.75, 3.05) is 0 Å². The van der Waals surface area contributed by atoms with Crippen molar-refractivity contribution in [3.63, 3.8) is 0 Å². The highest BCUT2D eigenvalue weighted by Gasteiger charge is 2.47. The van der Waals surface area contributed by atoms with Gasteiger partial charge in [0.25, 0.3) is 0 Å². The molecule has 0 spiro atoms. The number of hydrogen-bond donors (Lipinski definition) is 2. The first-order valence-corrected chi connectivity index (χ1v) is 18.5. The molecule has 6 rings (SSSR count). The van der Waals surface area contributed by atoms with E-state index < -0.39 is 0 Å².